The summed E-state index contributed by atoms with van der Waals surface area (Å²) >= 11 is 3.51. The molecule has 2 aromatic rings. The van der Waals surface area contributed by atoms with Crippen molar-refractivity contribution in [1.29, 1.82) is 0 Å². The molecular weight excluding hydrogens is 396 g/mol. The van der Waals surface area contributed by atoms with Crippen molar-refractivity contribution in [2.75, 3.05) is 30.4 Å². The maximum absolute atomic E-state index is 12.7. The van der Waals surface area contributed by atoms with Gasteiger partial charge < -0.3 is 15.4 Å². The van der Waals surface area contributed by atoms with E-state index in [-0.39, 0.29) is 11.8 Å². The Morgan fingerprint density at radius 3 is 3.08 bits per heavy atom. The van der Waals surface area contributed by atoms with Crippen molar-refractivity contribution in [3.8, 4) is 0 Å². The molecule has 2 heterocycles. The highest BCUT2D eigenvalue weighted by Crippen LogP contribution is 2.41. The average molecular weight is 417 g/mol. The first-order valence-electron chi connectivity index (χ1n) is 8.99. The first kappa shape index (κ1) is 17.4. The van der Waals surface area contributed by atoms with Crippen LogP contribution in [-0.2, 0) is 22.4 Å². The van der Waals surface area contributed by atoms with Gasteiger partial charge in [0.05, 0.1) is 12.3 Å². The predicted octanol–water partition coefficient (Wildman–Crippen LogP) is 3.26. The fourth-order valence-corrected chi connectivity index (χ4v) is 4.04. The number of aromatic nitrogens is 2. The van der Waals surface area contributed by atoms with E-state index in [1.807, 2.05) is 25.1 Å². The van der Waals surface area contributed by atoms with Crippen LogP contribution >= 0.6 is 15.9 Å². The second kappa shape index (κ2) is 7.32. The lowest BCUT2D eigenvalue weighted by Crippen LogP contribution is -2.19. The molecule has 7 heteroatoms. The van der Waals surface area contributed by atoms with Crippen molar-refractivity contribution >= 4 is 33.5 Å². The molecule has 0 fully saturated rings. The summed E-state index contributed by atoms with van der Waals surface area (Å²) in [6.45, 7) is 3.90. The molecule has 1 aromatic carbocycles. The zero-order valence-corrected chi connectivity index (χ0v) is 16.2. The highest BCUT2D eigenvalue weighted by Gasteiger charge is 2.36. The van der Waals surface area contributed by atoms with Crippen molar-refractivity contribution < 1.29 is 9.53 Å². The van der Waals surface area contributed by atoms with Crippen molar-refractivity contribution in [1.82, 2.24) is 9.97 Å². The molecule has 1 aromatic heterocycles. The lowest BCUT2D eigenvalue weighted by molar-refractivity contribution is -0.116. The Bertz CT molecular complexity index is 856. The summed E-state index contributed by atoms with van der Waals surface area (Å²) in [5.41, 5.74) is 4.86. The third-order valence-corrected chi connectivity index (χ3v) is 5.31. The number of hydrogen-bond donors (Lipinski definition) is 2. The topological polar surface area (TPSA) is 76.1 Å². The van der Waals surface area contributed by atoms with E-state index >= 15 is 0 Å². The number of nitrogens with one attached hydrogen (secondary N) is 2. The second-order valence-electron chi connectivity index (χ2n) is 6.49. The fraction of sp³-hybridized carbons (Fsp3) is 0.421. The van der Waals surface area contributed by atoms with Gasteiger partial charge in [0.25, 0.3) is 0 Å². The van der Waals surface area contributed by atoms with Crippen molar-refractivity contribution in [2.45, 2.75) is 32.1 Å². The van der Waals surface area contributed by atoms with E-state index in [0.29, 0.717) is 25.7 Å². The second-order valence-corrected chi connectivity index (χ2v) is 7.40. The molecule has 0 saturated heterocycles. The van der Waals surface area contributed by atoms with Crippen molar-refractivity contribution in [2.24, 2.45) is 0 Å². The van der Waals surface area contributed by atoms with Gasteiger partial charge in [-0.25, -0.2) is 9.97 Å². The molecule has 1 aliphatic heterocycles. The summed E-state index contributed by atoms with van der Waals surface area (Å²) in [7, 11) is 0. The standard InChI is InChI=1S/C19H21BrN4O2/c1-2-26-9-8-21-19-23-14-5-3-4-12(14)17(24-19)16-13-10-11(20)6-7-15(13)22-18(16)25/h6-7,10,16H,2-5,8-9H2,1H3,(H,22,25)(H,21,23,24). The molecule has 1 unspecified atom stereocenters. The van der Waals surface area contributed by atoms with Crippen LogP contribution in [0.5, 0.6) is 0 Å². The third kappa shape index (κ3) is 3.21. The Morgan fingerprint density at radius 1 is 1.35 bits per heavy atom. The number of anilines is 2. The molecule has 1 amide bonds. The molecule has 2 aliphatic rings. The Kier molecular flexibility index (Phi) is 4.91. The zero-order chi connectivity index (χ0) is 18.1. The van der Waals surface area contributed by atoms with Crippen LogP contribution in [0.3, 0.4) is 0 Å². The molecule has 26 heavy (non-hydrogen) atoms. The number of carbonyl (C=O) groups excluding carboxylic acids is 1. The largest absolute Gasteiger partial charge is 0.380 e. The Morgan fingerprint density at radius 2 is 2.23 bits per heavy atom. The monoisotopic (exact) mass is 416 g/mol. The van der Waals surface area contributed by atoms with E-state index in [9.17, 15) is 4.79 Å². The summed E-state index contributed by atoms with van der Waals surface area (Å²) in [6, 6.07) is 5.87. The lowest BCUT2D eigenvalue weighted by atomic mass is 9.93. The minimum atomic E-state index is -0.384. The number of rotatable bonds is 6. The number of carbonyl (C=O) groups is 1. The van der Waals surface area contributed by atoms with Gasteiger partial charge in [0.15, 0.2) is 0 Å². The third-order valence-electron chi connectivity index (χ3n) is 4.82. The molecule has 0 spiro atoms. The van der Waals surface area contributed by atoms with Gasteiger partial charge in [0, 0.05) is 29.0 Å². The Hall–Kier alpha value is -1.99. The fourth-order valence-electron chi connectivity index (χ4n) is 3.66. The van der Waals surface area contributed by atoms with Gasteiger partial charge in [0.2, 0.25) is 11.9 Å². The van der Waals surface area contributed by atoms with E-state index in [4.69, 9.17) is 9.72 Å². The SMILES string of the molecule is CCOCCNc1nc2c(c(C3C(=O)Nc4ccc(Br)cc43)n1)CCC2. The lowest BCUT2D eigenvalue weighted by Gasteiger charge is -2.15. The highest BCUT2D eigenvalue weighted by atomic mass is 79.9. The van der Waals surface area contributed by atoms with Crippen LogP contribution in [0, 0.1) is 0 Å². The number of ether oxygens (including phenoxy) is 1. The van der Waals surface area contributed by atoms with Crippen molar-refractivity contribution in [3.63, 3.8) is 0 Å². The van der Waals surface area contributed by atoms with Crippen LogP contribution in [0.1, 0.15) is 41.8 Å². The Balaban J connectivity index is 1.71. The number of benzene rings is 1. The molecule has 0 bridgehead atoms. The van der Waals surface area contributed by atoms with Crippen LogP contribution in [0.4, 0.5) is 11.6 Å². The molecule has 2 N–H and O–H groups in total. The summed E-state index contributed by atoms with van der Waals surface area (Å²) in [6.07, 6.45) is 2.92. The molecule has 0 radical (unpaired) electrons. The first-order valence-corrected chi connectivity index (χ1v) is 9.78. The average Bonchev–Trinajstić information content (AvgIpc) is 3.21. The van der Waals surface area contributed by atoms with E-state index in [2.05, 4.69) is 31.5 Å². The maximum atomic E-state index is 12.7. The van der Waals surface area contributed by atoms with E-state index in [1.165, 1.54) is 0 Å². The van der Waals surface area contributed by atoms with E-state index < -0.39 is 0 Å². The zero-order valence-electron chi connectivity index (χ0n) is 14.6. The Labute approximate surface area is 160 Å². The number of aryl methyl sites for hydroxylation is 1. The molecule has 4 rings (SSSR count). The van der Waals surface area contributed by atoms with Gasteiger partial charge in [-0.3, -0.25) is 4.79 Å². The molecule has 1 aliphatic carbocycles. The minimum Gasteiger partial charge on any atom is -0.380 e. The van der Waals surface area contributed by atoms with Crippen LogP contribution < -0.4 is 10.6 Å². The van der Waals surface area contributed by atoms with Gasteiger partial charge in [-0.15, -0.1) is 0 Å². The number of hydrogen-bond acceptors (Lipinski definition) is 5. The quantitative estimate of drug-likeness (QED) is 0.706. The molecule has 136 valence electrons. The maximum Gasteiger partial charge on any atom is 0.238 e. The highest BCUT2D eigenvalue weighted by molar-refractivity contribution is 9.10. The predicted molar refractivity (Wildman–Crippen MR) is 104 cm³/mol. The van der Waals surface area contributed by atoms with Crippen molar-refractivity contribution in [3.05, 3.63) is 45.2 Å². The smallest absolute Gasteiger partial charge is 0.238 e. The van der Waals surface area contributed by atoms with Gasteiger partial charge in [0.1, 0.15) is 5.92 Å². The summed E-state index contributed by atoms with van der Waals surface area (Å²) in [4.78, 5) is 22.1. The minimum absolute atomic E-state index is 0.0221. The summed E-state index contributed by atoms with van der Waals surface area (Å²) in [5, 5.41) is 6.22. The number of halogens is 1. The van der Waals surface area contributed by atoms with E-state index in [1.54, 1.807) is 0 Å². The van der Waals surface area contributed by atoms with Gasteiger partial charge >= 0.3 is 0 Å². The van der Waals surface area contributed by atoms with Crippen LogP contribution in [0.15, 0.2) is 22.7 Å². The van der Waals surface area contributed by atoms with Crippen LogP contribution in [0.2, 0.25) is 0 Å². The normalized spacial score (nSPS) is 17.8. The number of fused-ring (bicyclic) bond motifs is 2. The molecule has 0 saturated carbocycles. The summed E-state index contributed by atoms with van der Waals surface area (Å²) < 4.78 is 6.32. The van der Waals surface area contributed by atoms with Crippen LogP contribution in [0.25, 0.3) is 0 Å². The first-order chi connectivity index (χ1) is 12.7. The number of nitrogens with zero attached hydrogens (tertiary/aromatic N) is 2. The number of amides is 1. The summed E-state index contributed by atoms with van der Waals surface area (Å²) in [5.74, 6) is 0.174. The van der Waals surface area contributed by atoms with Gasteiger partial charge in [-0.1, -0.05) is 15.9 Å². The molecule has 1 atom stereocenters. The molecular formula is C19H21BrN4O2. The van der Waals surface area contributed by atoms with Crippen LogP contribution in [-0.4, -0.2) is 35.6 Å². The van der Waals surface area contributed by atoms with Gasteiger partial charge in [-0.05, 0) is 55.5 Å². The van der Waals surface area contributed by atoms with E-state index in [0.717, 1.165) is 51.9 Å². The van der Waals surface area contributed by atoms with Gasteiger partial charge in [-0.2, -0.15) is 0 Å². The molecule has 6 nitrogen and oxygen atoms in total.